The Labute approximate surface area is 252 Å². The van der Waals surface area contributed by atoms with Gasteiger partial charge < -0.3 is 4.74 Å². The van der Waals surface area contributed by atoms with Crippen molar-refractivity contribution in [2.45, 2.75) is 6.92 Å². The summed E-state index contributed by atoms with van der Waals surface area (Å²) < 4.78 is 5.75. The first kappa shape index (κ1) is 27.6. The Morgan fingerprint density at radius 2 is 0.674 bits per heavy atom. The SMILES string of the molecule is CC(=O)COC(=O)c1c(-c2ccccc2)c(-c2ccccc2)c(-c2ccccc2)c(-c2ccccc2)c1-c1ccccc1. The second kappa shape index (κ2) is 12.5. The van der Waals surface area contributed by atoms with Gasteiger partial charge in [-0.25, -0.2) is 4.79 Å². The van der Waals surface area contributed by atoms with Gasteiger partial charge in [0.05, 0.1) is 5.56 Å². The molecule has 0 saturated carbocycles. The minimum absolute atomic E-state index is 0.219. The highest BCUT2D eigenvalue weighted by Gasteiger charge is 2.31. The minimum atomic E-state index is -0.540. The van der Waals surface area contributed by atoms with E-state index in [0.717, 1.165) is 55.6 Å². The number of hydrogen-bond donors (Lipinski definition) is 0. The van der Waals surface area contributed by atoms with Crippen LogP contribution in [0.3, 0.4) is 0 Å². The molecule has 0 bridgehead atoms. The molecular formula is C40H30O3. The van der Waals surface area contributed by atoms with E-state index in [2.05, 4.69) is 36.4 Å². The van der Waals surface area contributed by atoms with Crippen LogP contribution >= 0.6 is 0 Å². The van der Waals surface area contributed by atoms with Crippen LogP contribution < -0.4 is 0 Å². The summed E-state index contributed by atoms with van der Waals surface area (Å²) in [6, 6.07) is 50.6. The number of esters is 1. The van der Waals surface area contributed by atoms with E-state index in [9.17, 15) is 9.59 Å². The molecule has 0 amide bonds. The van der Waals surface area contributed by atoms with Crippen LogP contribution in [-0.4, -0.2) is 18.4 Å². The number of carbonyl (C=O) groups is 2. The van der Waals surface area contributed by atoms with Gasteiger partial charge in [-0.3, -0.25) is 4.79 Å². The zero-order valence-electron chi connectivity index (χ0n) is 23.9. The molecule has 0 atom stereocenters. The maximum atomic E-state index is 14.4. The monoisotopic (exact) mass is 558 g/mol. The average molecular weight is 559 g/mol. The van der Waals surface area contributed by atoms with Crippen LogP contribution in [-0.2, 0) is 9.53 Å². The third-order valence-corrected chi connectivity index (χ3v) is 7.42. The van der Waals surface area contributed by atoms with Crippen LogP contribution in [0.15, 0.2) is 152 Å². The molecule has 208 valence electrons. The van der Waals surface area contributed by atoms with E-state index in [0.29, 0.717) is 5.56 Å². The van der Waals surface area contributed by atoms with Gasteiger partial charge in [-0.2, -0.15) is 0 Å². The number of Topliss-reactive ketones (excluding diaryl/α,β-unsaturated/α-hetero) is 1. The predicted octanol–water partition coefficient (Wildman–Crippen LogP) is 9.77. The van der Waals surface area contributed by atoms with E-state index < -0.39 is 5.97 Å². The number of ether oxygens (including phenoxy) is 1. The fourth-order valence-corrected chi connectivity index (χ4v) is 5.66. The van der Waals surface area contributed by atoms with Crippen molar-refractivity contribution in [3.8, 4) is 55.6 Å². The smallest absolute Gasteiger partial charge is 0.339 e. The van der Waals surface area contributed by atoms with E-state index in [1.807, 2.05) is 115 Å². The molecule has 6 aromatic rings. The number of benzene rings is 6. The van der Waals surface area contributed by atoms with Crippen molar-refractivity contribution in [1.82, 2.24) is 0 Å². The summed E-state index contributed by atoms with van der Waals surface area (Å²) in [4.78, 5) is 26.4. The van der Waals surface area contributed by atoms with Crippen molar-refractivity contribution in [1.29, 1.82) is 0 Å². The van der Waals surface area contributed by atoms with Gasteiger partial charge in [-0.15, -0.1) is 0 Å². The highest BCUT2D eigenvalue weighted by molar-refractivity contribution is 6.17. The first-order valence-electron chi connectivity index (χ1n) is 14.3. The number of ketones is 1. The van der Waals surface area contributed by atoms with Gasteiger partial charge >= 0.3 is 5.97 Å². The first-order chi connectivity index (χ1) is 21.1. The third-order valence-electron chi connectivity index (χ3n) is 7.42. The Morgan fingerprint density at radius 3 is 0.953 bits per heavy atom. The standard InChI is InChI=1S/C40H30O3/c1-28(41)27-43-40(42)39-37(32-23-13-5-14-24-32)35(30-19-9-3-10-20-30)34(29-17-7-2-8-18-29)36(31-21-11-4-12-22-31)38(39)33-25-15-6-16-26-33/h2-26H,27H2,1H3. The summed E-state index contributed by atoms with van der Waals surface area (Å²) in [7, 11) is 0. The van der Waals surface area contributed by atoms with Crippen molar-refractivity contribution in [2.24, 2.45) is 0 Å². The zero-order valence-corrected chi connectivity index (χ0v) is 23.9. The number of hydrogen-bond acceptors (Lipinski definition) is 3. The molecule has 0 fully saturated rings. The Hall–Kier alpha value is -5.54. The summed E-state index contributed by atoms with van der Waals surface area (Å²) >= 11 is 0. The van der Waals surface area contributed by atoms with E-state index in [-0.39, 0.29) is 12.4 Å². The van der Waals surface area contributed by atoms with Gasteiger partial charge in [0.15, 0.2) is 5.78 Å². The van der Waals surface area contributed by atoms with Gasteiger partial charge in [0.25, 0.3) is 0 Å². The van der Waals surface area contributed by atoms with Crippen LogP contribution in [0.4, 0.5) is 0 Å². The quantitative estimate of drug-likeness (QED) is 0.175. The molecule has 3 nitrogen and oxygen atoms in total. The lowest BCUT2D eigenvalue weighted by Crippen LogP contribution is -2.15. The second-order valence-electron chi connectivity index (χ2n) is 10.4. The molecule has 0 spiro atoms. The van der Waals surface area contributed by atoms with E-state index >= 15 is 0 Å². The van der Waals surface area contributed by atoms with E-state index in [4.69, 9.17) is 4.74 Å². The predicted molar refractivity (Wildman–Crippen MR) is 175 cm³/mol. The lowest BCUT2D eigenvalue weighted by atomic mass is 9.75. The second-order valence-corrected chi connectivity index (χ2v) is 10.4. The largest absolute Gasteiger partial charge is 0.454 e. The molecule has 0 unspecified atom stereocenters. The van der Waals surface area contributed by atoms with Gasteiger partial charge in [-0.05, 0) is 51.4 Å². The van der Waals surface area contributed by atoms with E-state index in [1.54, 1.807) is 0 Å². The fraction of sp³-hybridized carbons (Fsp3) is 0.0500. The number of rotatable bonds is 8. The van der Waals surface area contributed by atoms with Gasteiger partial charge in [0.2, 0.25) is 0 Å². The topological polar surface area (TPSA) is 43.4 Å². The molecule has 6 rings (SSSR count). The molecule has 0 aliphatic heterocycles. The van der Waals surface area contributed by atoms with Crippen molar-refractivity contribution in [3.05, 3.63) is 157 Å². The van der Waals surface area contributed by atoms with Crippen molar-refractivity contribution in [3.63, 3.8) is 0 Å². The molecule has 0 aromatic heterocycles. The maximum absolute atomic E-state index is 14.4. The summed E-state index contributed by atoms with van der Waals surface area (Å²) in [5.41, 5.74) is 9.53. The maximum Gasteiger partial charge on any atom is 0.339 e. The summed E-state index contributed by atoms with van der Waals surface area (Å²) in [6.45, 7) is 1.12. The van der Waals surface area contributed by atoms with Crippen molar-refractivity contribution >= 4 is 11.8 Å². The van der Waals surface area contributed by atoms with Crippen LogP contribution in [0.5, 0.6) is 0 Å². The van der Waals surface area contributed by atoms with Crippen molar-refractivity contribution in [2.75, 3.05) is 6.61 Å². The van der Waals surface area contributed by atoms with E-state index in [1.165, 1.54) is 6.92 Å². The molecule has 3 heteroatoms. The summed E-state index contributed by atoms with van der Waals surface area (Å²) in [5.74, 6) is -0.759. The molecule has 0 heterocycles. The molecule has 0 aliphatic rings. The molecular weight excluding hydrogens is 528 g/mol. The van der Waals surface area contributed by atoms with Gasteiger partial charge in [0, 0.05) is 11.1 Å². The average Bonchev–Trinajstić information content (AvgIpc) is 3.08. The summed E-state index contributed by atoms with van der Waals surface area (Å²) in [6.07, 6.45) is 0. The van der Waals surface area contributed by atoms with Crippen LogP contribution in [0.1, 0.15) is 17.3 Å². The normalized spacial score (nSPS) is 10.7. The zero-order chi connectivity index (χ0) is 29.6. The fourth-order valence-electron chi connectivity index (χ4n) is 5.66. The van der Waals surface area contributed by atoms with Crippen LogP contribution in [0, 0.1) is 0 Å². The molecule has 6 aromatic carbocycles. The van der Waals surface area contributed by atoms with Gasteiger partial charge in [0.1, 0.15) is 6.61 Å². The van der Waals surface area contributed by atoms with Crippen molar-refractivity contribution < 1.29 is 14.3 Å². The highest BCUT2D eigenvalue weighted by atomic mass is 16.5. The van der Waals surface area contributed by atoms with Crippen LogP contribution in [0.2, 0.25) is 0 Å². The Kier molecular flexibility index (Phi) is 8.06. The molecule has 0 aliphatic carbocycles. The molecule has 0 saturated heterocycles. The lowest BCUT2D eigenvalue weighted by Gasteiger charge is -2.27. The lowest BCUT2D eigenvalue weighted by molar-refractivity contribution is -0.120. The molecule has 43 heavy (non-hydrogen) atoms. The Balaban J connectivity index is 1.91. The van der Waals surface area contributed by atoms with Gasteiger partial charge in [-0.1, -0.05) is 152 Å². The molecule has 0 N–H and O–H groups in total. The Bertz CT molecular complexity index is 1760. The third kappa shape index (κ3) is 5.66. The summed E-state index contributed by atoms with van der Waals surface area (Å²) in [5, 5.41) is 0. The number of carbonyl (C=O) groups excluding carboxylic acids is 2. The molecule has 0 radical (unpaired) electrons. The minimum Gasteiger partial charge on any atom is -0.454 e. The highest BCUT2D eigenvalue weighted by Crippen LogP contribution is 2.52. The van der Waals surface area contributed by atoms with Crippen LogP contribution in [0.25, 0.3) is 55.6 Å². The first-order valence-corrected chi connectivity index (χ1v) is 14.3. The Morgan fingerprint density at radius 1 is 0.419 bits per heavy atom.